The largest absolute Gasteiger partial charge is 0.493 e. The van der Waals surface area contributed by atoms with Crippen LogP contribution in [0.4, 0.5) is 0 Å². The topological polar surface area (TPSA) is 48.4 Å². The number of aromatic nitrogens is 1. The third-order valence-electron chi connectivity index (χ3n) is 2.38. The van der Waals surface area contributed by atoms with Gasteiger partial charge in [0, 0.05) is 23.5 Å². The van der Waals surface area contributed by atoms with Crippen LogP contribution >= 0.6 is 0 Å². The number of methoxy groups -OCH3 is 1. The number of carbonyl (C=O) groups is 1. The highest BCUT2D eigenvalue weighted by atomic mass is 16.5. The van der Waals surface area contributed by atoms with Gasteiger partial charge in [0.1, 0.15) is 11.7 Å². The molecule has 15 heavy (non-hydrogen) atoms. The summed E-state index contributed by atoms with van der Waals surface area (Å²) in [5.74, 6) is -0.394. The summed E-state index contributed by atoms with van der Waals surface area (Å²) in [6.45, 7) is 1.91. The number of fused-ring (bicyclic) bond motifs is 1. The molecule has 1 aliphatic heterocycles. The molecule has 0 saturated heterocycles. The van der Waals surface area contributed by atoms with Gasteiger partial charge in [0.25, 0.3) is 0 Å². The van der Waals surface area contributed by atoms with E-state index in [1.807, 2.05) is 6.92 Å². The van der Waals surface area contributed by atoms with Gasteiger partial charge in [0.15, 0.2) is 0 Å². The van der Waals surface area contributed by atoms with Crippen molar-refractivity contribution in [1.29, 1.82) is 0 Å². The van der Waals surface area contributed by atoms with Crippen molar-refractivity contribution in [2.24, 2.45) is 0 Å². The number of hydrogen-bond donors (Lipinski definition) is 0. The molecule has 1 aliphatic rings. The molecule has 4 heteroatoms. The van der Waals surface area contributed by atoms with Crippen LogP contribution in [0.1, 0.15) is 24.2 Å². The number of esters is 1. The molecule has 0 amide bonds. The van der Waals surface area contributed by atoms with Crippen LogP contribution in [0.25, 0.3) is 5.57 Å². The Labute approximate surface area is 87.5 Å². The maximum Gasteiger partial charge on any atom is 0.341 e. The van der Waals surface area contributed by atoms with E-state index in [9.17, 15) is 4.79 Å². The molecule has 78 valence electrons. The van der Waals surface area contributed by atoms with E-state index in [-0.39, 0.29) is 6.10 Å². The second-order valence-corrected chi connectivity index (χ2v) is 3.26. The van der Waals surface area contributed by atoms with Crippen molar-refractivity contribution in [1.82, 2.24) is 4.98 Å². The average molecular weight is 205 g/mol. The maximum atomic E-state index is 11.4. The fraction of sp³-hybridized carbons (Fsp3) is 0.273. The third kappa shape index (κ3) is 1.58. The summed E-state index contributed by atoms with van der Waals surface area (Å²) in [7, 11) is 1.35. The first-order valence-corrected chi connectivity index (χ1v) is 4.62. The zero-order valence-electron chi connectivity index (χ0n) is 8.56. The normalized spacial score (nSPS) is 18.5. The van der Waals surface area contributed by atoms with E-state index in [0.717, 1.165) is 11.1 Å². The lowest BCUT2D eigenvalue weighted by atomic mass is 9.98. The monoisotopic (exact) mass is 205 g/mol. The summed E-state index contributed by atoms with van der Waals surface area (Å²) in [5, 5.41) is 0. The molecule has 0 aromatic carbocycles. The zero-order valence-corrected chi connectivity index (χ0v) is 8.56. The second-order valence-electron chi connectivity index (χ2n) is 3.26. The fourth-order valence-electron chi connectivity index (χ4n) is 1.55. The minimum atomic E-state index is -0.394. The van der Waals surface area contributed by atoms with Crippen molar-refractivity contribution in [2.45, 2.75) is 13.0 Å². The van der Waals surface area contributed by atoms with Crippen LogP contribution in [0.15, 0.2) is 24.7 Å². The van der Waals surface area contributed by atoms with E-state index >= 15 is 0 Å². The molecule has 0 fully saturated rings. The highest BCUT2D eigenvalue weighted by molar-refractivity contribution is 6.16. The minimum absolute atomic E-state index is 0.0814. The smallest absolute Gasteiger partial charge is 0.341 e. The Morgan fingerprint density at radius 3 is 3.13 bits per heavy atom. The van der Waals surface area contributed by atoms with Crippen molar-refractivity contribution < 1.29 is 14.3 Å². The van der Waals surface area contributed by atoms with Crippen molar-refractivity contribution in [3.63, 3.8) is 0 Å². The van der Waals surface area contributed by atoms with E-state index < -0.39 is 5.97 Å². The van der Waals surface area contributed by atoms with Crippen LogP contribution in [0.5, 0.6) is 0 Å². The molecule has 1 unspecified atom stereocenters. The van der Waals surface area contributed by atoms with Crippen LogP contribution in [0.3, 0.4) is 0 Å². The van der Waals surface area contributed by atoms with E-state index in [4.69, 9.17) is 4.74 Å². The molecule has 0 radical (unpaired) electrons. The fourth-order valence-corrected chi connectivity index (χ4v) is 1.55. The molecule has 0 spiro atoms. The number of pyridine rings is 1. The van der Waals surface area contributed by atoms with Gasteiger partial charge < -0.3 is 9.47 Å². The second kappa shape index (κ2) is 3.73. The van der Waals surface area contributed by atoms with Crippen molar-refractivity contribution in [2.75, 3.05) is 7.11 Å². The van der Waals surface area contributed by atoms with Crippen LogP contribution in [-0.4, -0.2) is 18.1 Å². The SMILES string of the molecule is COC(=O)C1=COC(C)c2cnccc21. The molecule has 1 atom stereocenters. The number of rotatable bonds is 1. The van der Waals surface area contributed by atoms with Gasteiger partial charge in [-0.3, -0.25) is 4.98 Å². The maximum absolute atomic E-state index is 11.4. The molecule has 0 saturated carbocycles. The van der Waals surface area contributed by atoms with Gasteiger partial charge in [0.2, 0.25) is 0 Å². The summed E-state index contributed by atoms with van der Waals surface area (Å²) >= 11 is 0. The Hall–Kier alpha value is -1.84. The summed E-state index contributed by atoms with van der Waals surface area (Å²) in [4.78, 5) is 15.5. The Morgan fingerprint density at radius 1 is 1.60 bits per heavy atom. The lowest BCUT2D eigenvalue weighted by molar-refractivity contribution is -0.133. The molecule has 1 aromatic heterocycles. The van der Waals surface area contributed by atoms with Crippen molar-refractivity contribution >= 4 is 11.5 Å². The quantitative estimate of drug-likeness (QED) is 0.654. The molecule has 2 rings (SSSR count). The standard InChI is InChI=1S/C11H11NO3/c1-7-9-5-12-4-3-8(9)10(6-15-7)11(13)14-2/h3-7H,1-2H3. The first-order valence-electron chi connectivity index (χ1n) is 4.62. The van der Waals surface area contributed by atoms with Gasteiger partial charge in [-0.05, 0) is 13.0 Å². The van der Waals surface area contributed by atoms with E-state index in [2.05, 4.69) is 9.72 Å². The van der Waals surface area contributed by atoms with Gasteiger partial charge in [-0.15, -0.1) is 0 Å². The van der Waals surface area contributed by atoms with Crippen LogP contribution in [0.2, 0.25) is 0 Å². The Balaban J connectivity index is 2.49. The van der Waals surface area contributed by atoms with Gasteiger partial charge in [-0.1, -0.05) is 0 Å². The highest BCUT2D eigenvalue weighted by Crippen LogP contribution is 2.31. The summed E-state index contributed by atoms with van der Waals surface area (Å²) in [6, 6.07) is 1.79. The molecule has 0 N–H and O–H groups in total. The third-order valence-corrected chi connectivity index (χ3v) is 2.38. The number of ether oxygens (including phenoxy) is 2. The van der Waals surface area contributed by atoms with E-state index in [1.165, 1.54) is 13.4 Å². The number of nitrogens with zero attached hydrogens (tertiary/aromatic N) is 1. The van der Waals surface area contributed by atoms with Gasteiger partial charge in [0.05, 0.1) is 13.4 Å². The number of hydrogen-bond acceptors (Lipinski definition) is 4. The zero-order chi connectivity index (χ0) is 10.8. The van der Waals surface area contributed by atoms with Crippen molar-refractivity contribution in [3.05, 3.63) is 35.8 Å². The predicted octanol–water partition coefficient (Wildman–Crippen LogP) is 1.69. The minimum Gasteiger partial charge on any atom is -0.493 e. The molecule has 0 bridgehead atoms. The lowest BCUT2D eigenvalue weighted by Crippen LogP contribution is -2.13. The van der Waals surface area contributed by atoms with Gasteiger partial charge in [-0.2, -0.15) is 0 Å². The van der Waals surface area contributed by atoms with Crippen LogP contribution in [0, 0.1) is 0 Å². The first kappa shape index (κ1) is 9.71. The Morgan fingerprint density at radius 2 is 2.40 bits per heavy atom. The van der Waals surface area contributed by atoms with Gasteiger partial charge in [-0.25, -0.2) is 4.79 Å². The van der Waals surface area contributed by atoms with Crippen LogP contribution in [-0.2, 0) is 14.3 Å². The Bertz CT molecular complexity index is 426. The lowest BCUT2D eigenvalue weighted by Gasteiger charge is -2.21. The average Bonchev–Trinajstić information content (AvgIpc) is 2.29. The molecular formula is C11H11NO3. The molecule has 2 heterocycles. The molecule has 1 aromatic rings. The summed E-state index contributed by atoms with van der Waals surface area (Å²) in [5.41, 5.74) is 2.17. The van der Waals surface area contributed by atoms with Gasteiger partial charge >= 0.3 is 5.97 Å². The van der Waals surface area contributed by atoms with Crippen molar-refractivity contribution in [3.8, 4) is 0 Å². The van der Waals surface area contributed by atoms with Crippen LogP contribution < -0.4 is 0 Å². The summed E-state index contributed by atoms with van der Waals surface area (Å²) in [6.07, 6.45) is 4.71. The van der Waals surface area contributed by atoms with E-state index in [1.54, 1.807) is 18.5 Å². The summed E-state index contributed by atoms with van der Waals surface area (Å²) < 4.78 is 10.0. The molecule has 0 aliphatic carbocycles. The Kier molecular flexibility index (Phi) is 2.41. The first-order chi connectivity index (χ1) is 7.24. The molecule has 4 nitrogen and oxygen atoms in total. The predicted molar refractivity (Wildman–Crippen MR) is 53.7 cm³/mol. The van der Waals surface area contributed by atoms with E-state index in [0.29, 0.717) is 5.57 Å². The number of carbonyl (C=O) groups excluding carboxylic acids is 1. The highest BCUT2D eigenvalue weighted by Gasteiger charge is 2.24. The molecular weight excluding hydrogens is 194 g/mol.